The molecule has 28 heavy (non-hydrogen) atoms. The van der Waals surface area contributed by atoms with E-state index in [2.05, 4.69) is 17.2 Å². The maximum Gasteiger partial charge on any atom is 0.262 e. The van der Waals surface area contributed by atoms with Crippen molar-refractivity contribution in [1.82, 2.24) is 9.55 Å². The zero-order valence-corrected chi connectivity index (χ0v) is 16.2. The number of fused-ring (bicyclic) bond motifs is 4. The van der Waals surface area contributed by atoms with Crippen LogP contribution in [0.4, 0.5) is 5.69 Å². The molecule has 5 rings (SSSR count). The lowest BCUT2D eigenvalue weighted by Crippen LogP contribution is -2.28. The second kappa shape index (κ2) is 6.63. The van der Waals surface area contributed by atoms with Gasteiger partial charge in [-0.1, -0.05) is 6.92 Å². The maximum atomic E-state index is 13.0. The summed E-state index contributed by atoms with van der Waals surface area (Å²) in [6, 6.07) is 5.20. The predicted octanol–water partition coefficient (Wildman–Crippen LogP) is 2.95. The van der Waals surface area contributed by atoms with E-state index in [-0.39, 0.29) is 24.8 Å². The first-order valence-electron chi connectivity index (χ1n) is 9.27. The minimum atomic E-state index is -0.292. The molecule has 0 fully saturated rings. The number of amides is 1. The number of anilines is 1. The Kier molecular flexibility index (Phi) is 4.08. The van der Waals surface area contributed by atoms with Crippen molar-refractivity contribution in [2.45, 2.75) is 32.7 Å². The standard InChI is InChI=1S/C20H19N3O4S/c1-11-2-4-13-16(6-11)28-19-18(13)20(25)23(9-21-19)8-17(24)22-12-3-5-14-15(7-12)27-10-26-14/h3,5,7,9,11H,2,4,6,8,10H2,1H3,(H,22,24)/t11-/m1/s1. The van der Waals surface area contributed by atoms with E-state index in [0.29, 0.717) is 28.5 Å². The van der Waals surface area contributed by atoms with Crippen LogP contribution in [0.3, 0.4) is 0 Å². The summed E-state index contributed by atoms with van der Waals surface area (Å²) in [5.74, 6) is 1.59. The highest BCUT2D eigenvalue weighted by molar-refractivity contribution is 7.18. The van der Waals surface area contributed by atoms with Crippen molar-refractivity contribution in [2.24, 2.45) is 5.92 Å². The summed E-state index contributed by atoms with van der Waals surface area (Å²) < 4.78 is 12.0. The number of rotatable bonds is 3. The summed E-state index contributed by atoms with van der Waals surface area (Å²) in [7, 11) is 0. The summed E-state index contributed by atoms with van der Waals surface area (Å²) in [6.07, 6.45) is 4.45. The maximum absolute atomic E-state index is 13.0. The highest BCUT2D eigenvalue weighted by atomic mass is 32.1. The molecule has 3 heterocycles. The molecule has 144 valence electrons. The number of carbonyl (C=O) groups is 1. The van der Waals surface area contributed by atoms with E-state index in [1.54, 1.807) is 29.5 Å². The molecule has 1 aliphatic heterocycles. The average Bonchev–Trinajstić information content (AvgIpc) is 3.27. The van der Waals surface area contributed by atoms with Gasteiger partial charge in [0.2, 0.25) is 12.7 Å². The second-order valence-electron chi connectivity index (χ2n) is 7.33. The number of carbonyl (C=O) groups excluding carboxylic acids is 1. The molecule has 0 saturated carbocycles. The van der Waals surface area contributed by atoms with Crippen molar-refractivity contribution in [3.05, 3.63) is 45.3 Å². The van der Waals surface area contributed by atoms with E-state index in [4.69, 9.17) is 9.47 Å². The molecule has 3 aromatic rings. The molecule has 1 aliphatic carbocycles. The first-order chi connectivity index (χ1) is 13.6. The van der Waals surface area contributed by atoms with E-state index in [1.807, 2.05) is 0 Å². The van der Waals surface area contributed by atoms with Gasteiger partial charge < -0.3 is 14.8 Å². The largest absolute Gasteiger partial charge is 0.454 e. The highest BCUT2D eigenvalue weighted by Gasteiger charge is 2.23. The summed E-state index contributed by atoms with van der Waals surface area (Å²) in [5.41, 5.74) is 1.58. The van der Waals surface area contributed by atoms with Gasteiger partial charge in [-0.25, -0.2) is 4.98 Å². The Morgan fingerprint density at radius 1 is 1.36 bits per heavy atom. The van der Waals surface area contributed by atoms with Crippen LogP contribution in [0.25, 0.3) is 10.2 Å². The van der Waals surface area contributed by atoms with E-state index >= 15 is 0 Å². The normalized spacial score (nSPS) is 17.5. The number of hydrogen-bond acceptors (Lipinski definition) is 6. The van der Waals surface area contributed by atoms with Crippen molar-refractivity contribution in [3.63, 3.8) is 0 Å². The lowest BCUT2D eigenvalue weighted by atomic mass is 9.89. The first kappa shape index (κ1) is 17.2. The Bertz CT molecular complexity index is 1150. The molecule has 0 saturated heterocycles. The van der Waals surface area contributed by atoms with Crippen LogP contribution >= 0.6 is 11.3 Å². The molecular formula is C20H19N3O4S. The van der Waals surface area contributed by atoms with Gasteiger partial charge in [0.1, 0.15) is 11.4 Å². The molecule has 8 heteroatoms. The summed E-state index contributed by atoms with van der Waals surface area (Å²) in [4.78, 5) is 32.0. The Morgan fingerprint density at radius 2 is 2.21 bits per heavy atom. The SMILES string of the molecule is C[C@@H]1CCc2c(sc3ncn(CC(=O)Nc4ccc5c(c4)OCO5)c(=O)c23)C1. The number of hydrogen-bond donors (Lipinski definition) is 1. The molecule has 0 spiro atoms. The van der Waals surface area contributed by atoms with Gasteiger partial charge in [0.25, 0.3) is 5.56 Å². The zero-order valence-electron chi connectivity index (χ0n) is 15.4. The number of aryl methyl sites for hydroxylation is 1. The molecule has 0 unspecified atom stereocenters. The fourth-order valence-corrected chi connectivity index (χ4v) is 5.15. The minimum absolute atomic E-state index is 0.0861. The molecule has 1 N–H and O–H groups in total. The van der Waals surface area contributed by atoms with Crippen molar-refractivity contribution in [3.8, 4) is 11.5 Å². The summed E-state index contributed by atoms with van der Waals surface area (Å²) in [6.45, 7) is 2.33. The van der Waals surface area contributed by atoms with Gasteiger partial charge in [-0.3, -0.25) is 14.2 Å². The van der Waals surface area contributed by atoms with Gasteiger partial charge in [-0.05, 0) is 42.9 Å². The minimum Gasteiger partial charge on any atom is -0.454 e. The van der Waals surface area contributed by atoms with Crippen LogP contribution in [0.1, 0.15) is 23.8 Å². The number of nitrogens with one attached hydrogen (secondary N) is 1. The number of thiophene rings is 1. The molecular weight excluding hydrogens is 378 g/mol. The van der Waals surface area contributed by atoms with Crippen LogP contribution in [0, 0.1) is 5.92 Å². The molecule has 1 atom stereocenters. The van der Waals surface area contributed by atoms with Gasteiger partial charge in [0.15, 0.2) is 11.5 Å². The van der Waals surface area contributed by atoms with Gasteiger partial charge in [-0.15, -0.1) is 11.3 Å². The molecule has 2 aromatic heterocycles. The first-order valence-corrected chi connectivity index (χ1v) is 10.1. The van der Waals surface area contributed by atoms with Crippen LogP contribution < -0.4 is 20.3 Å². The zero-order chi connectivity index (χ0) is 19.3. The molecule has 7 nitrogen and oxygen atoms in total. The van der Waals surface area contributed by atoms with E-state index < -0.39 is 0 Å². The van der Waals surface area contributed by atoms with Crippen molar-refractivity contribution in [2.75, 3.05) is 12.1 Å². The number of nitrogens with zero attached hydrogens (tertiary/aromatic N) is 2. The third kappa shape index (κ3) is 2.93. The summed E-state index contributed by atoms with van der Waals surface area (Å²) in [5, 5.41) is 3.48. The second-order valence-corrected chi connectivity index (χ2v) is 8.41. The van der Waals surface area contributed by atoms with Gasteiger partial charge in [0.05, 0.1) is 11.7 Å². The van der Waals surface area contributed by atoms with Gasteiger partial charge >= 0.3 is 0 Å². The van der Waals surface area contributed by atoms with Gasteiger partial charge in [-0.2, -0.15) is 0 Å². The Labute approximate surface area is 164 Å². The predicted molar refractivity (Wildman–Crippen MR) is 106 cm³/mol. The molecule has 2 aliphatic rings. The highest BCUT2D eigenvalue weighted by Crippen LogP contribution is 2.36. The van der Waals surface area contributed by atoms with Gasteiger partial charge in [0, 0.05) is 16.6 Å². The lowest BCUT2D eigenvalue weighted by molar-refractivity contribution is -0.116. The third-order valence-corrected chi connectivity index (χ3v) is 6.41. The smallest absolute Gasteiger partial charge is 0.262 e. The Hall–Kier alpha value is -2.87. The lowest BCUT2D eigenvalue weighted by Gasteiger charge is -2.17. The van der Waals surface area contributed by atoms with Crippen LogP contribution in [0.15, 0.2) is 29.3 Å². The monoisotopic (exact) mass is 397 g/mol. The molecule has 1 aromatic carbocycles. The van der Waals surface area contributed by atoms with Crippen LogP contribution in [0.5, 0.6) is 11.5 Å². The summed E-state index contributed by atoms with van der Waals surface area (Å²) >= 11 is 1.61. The number of ether oxygens (including phenoxy) is 2. The van der Waals surface area contributed by atoms with Crippen molar-refractivity contribution in [1.29, 1.82) is 0 Å². The van der Waals surface area contributed by atoms with Crippen LogP contribution in [-0.4, -0.2) is 22.3 Å². The number of benzene rings is 1. The fourth-order valence-electron chi connectivity index (χ4n) is 3.81. The van der Waals surface area contributed by atoms with E-state index in [9.17, 15) is 9.59 Å². The van der Waals surface area contributed by atoms with E-state index in [1.165, 1.54) is 15.8 Å². The molecule has 0 bridgehead atoms. The Balaban J connectivity index is 1.40. The number of aromatic nitrogens is 2. The van der Waals surface area contributed by atoms with Crippen LogP contribution in [-0.2, 0) is 24.2 Å². The fraction of sp³-hybridized carbons (Fsp3) is 0.350. The Morgan fingerprint density at radius 3 is 3.11 bits per heavy atom. The van der Waals surface area contributed by atoms with Crippen LogP contribution in [0.2, 0.25) is 0 Å². The van der Waals surface area contributed by atoms with Crippen molar-refractivity contribution < 1.29 is 14.3 Å². The molecule has 0 radical (unpaired) electrons. The quantitative estimate of drug-likeness (QED) is 0.735. The average molecular weight is 397 g/mol. The third-order valence-electron chi connectivity index (χ3n) is 5.25. The van der Waals surface area contributed by atoms with E-state index in [0.717, 1.165) is 29.7 Å². The molecule has 1 amide bonds. The topological polar surface area (TPSA) is 82.5 Å². The van der Waals surface area contributed by atoms with Crippen molar-refractivity contribution >= 4 is 33.1 Å².